The molecule has 1 fully saturated rings. The zero-order chi connectivity index (χ0) is 26.2. The first kappa shape index (κ1) is 26.7. The fourth-order valence-electron chi connectivity index (χ4n) is 4.96. The van der Waals surface area contributed by atoms with E-state index in [0.717, 1.165) is 37.2 Å². The molecule has 4 bridgehead atoms. The molecule has 198 valence electrons. The molecule has 0 radical (unpaired) electrons. The van der Waals surface area contributed by atoms with Gasteiger partial charge in [-0.05, 0) is 87.6 Å². The number of fused-ring (bicyclic) bond motifs is 5. The molecule has 3 amide bonds. The molecule has 2 aliphatic heterocycles. The van der Waals surface area contributed by atoms with Gasteiger partial charge in [0.2, 0.25) is 11.8 Å². The molecule has 2 heterocycles. The van der Waals surface area contributed by atoms with Crippen molar-refractivity contribution in [3.63, 3.8) is 0 Å². The quantitative estimate of drug-likeness (QED) is 0.609. The Kier molecular flexibility index (Phi) is 9.17. The zero-order valence-corrected chi connectivity index (χ0v) is 21.9. The third-order valence-electron chi connectivity index (χ3n) is 7.07. The van der Waals surface area contributed by atoms with Gasteiger partial charge in [0.25, 0.3) is 5.91 Å². The summed E-state index contributed by atoms with van der Waals surface area (Å²) >= 11 is 0. The lowest BCUT2D eigenvalue weighted by Gasteiger charge is -2.28. The van der Waals surface area contributed by atoms with Crippen molar-refractivity contribution in [2.24, 2.45) is 0 Å². The van der Waals surface area contributed by atoms with Crippen LogP contribution in [0.3, 0.4) is 0 Å². The SMILES string of the molecule is C[C@H]1COc2cccc(c2)-c2cccc(c2)C(=O)N(C)[C@H](C(=O)NCCCN2CCCC2)CCC(=O)N1. The van der Waals surface area contributed by atoms with Gasteiger partial charge < -0.3 is 25.2 Å². The molecular formula is C29H38N4O4. The molecule has 2 aromatic carbocycles. The summed E-state index contributed by atoms with van der Waals surface area (Å²) < 4.78 is 5.91. The van der Waals surface area contributed by atoms with Gasteiger partial charge in [-0.3, -0.25) is 14.4 Å². The van der Waals surface area contributed by atoms with Crippen molar-refractivity contribution < 1.29 is 19.1 Å². The van der Waals surface area contributed by atoms with E-state index in [1.807, 2.05) is 49.4 Å². The number of likely N-dealkylation sites (N-methyl/N-ethyl adjacent to an activating group) is 1. The molecule has 8 heteroatoms. The van der Waals surface area contributed by atoms with Crippen LogP contribution in [-0.4, -0.2) is 79.4 Å². The van der Waals surface area contributed by atoms with Crippen LogP contribution >= 0.6 is 0 Å². The smallest absolute Gasteiger partial charge is 0.254 e. The maximum absolute atomic E-state index is 13.5. The fraction of sp³-hybridized carbons (Fsp3) is 0.483. The van der Waals surface area contributed by atoms with Crippen LogP contribution in [0, 0.1) is 0 Å². The maximum Gasteiger partial charge on any atom is 0.254 e. The van der Waals surface area contributed by atoms with Crippen molar-refractivity contribution >= 4 is 17.7 Å². The third kappa shape index (κ3) is 7.32. The zero-order valence-electron chi connectivity index (χ0n) is 21.9. The molecule has 0 saturated carbocycles. The number of hydrogen-bond acceptors (Lipinski definition) is 5. The summed E-state index contributed by atoms with van der Waals surface area (Å²) in [5, 5.41) is 5.94. The van der Waals surface area contributed by atoms with Crippen molar-refractivity contribution in [3.8, 4) is 16.9 Å². The Labute approximate surface area is 219 Å². The van der Waals surface area contributed by atoms with Gasteiger partial charge in [0.1, 0.15) is 18.4 Å². The van der Waals surface area contributed by atoms with E-state index in [1.54, 1.807) is 13.1 Å². The average Bonchev–Trinajstić information content (AvgIpc) is 3.43. The van der Waals surface area contributed by atoms with Gasteiger partial charge in [-0.2, -0.15) is 0 Å². The first-order valence-electron chi connectivity index (χ1n) is 13.3. The highest BCUT2D eigenvalue weighted by Crippen LogP contribution is 2.26. The van der Waals surface area contributed by atoms with E-state index >= 15 is 0 Å². The lowest BCUT2D eigenvalue weighted by Crippen LogP contribution is -2.49. The summed E-state index contributed by atoms with van der Waals surface area (Å²) in [6.45, 7) is 5.95. The molecule has 2 aromatic rings. The molecule has 0 spiro atoms. The minimum absolute atomic E-state index is 0.128. The number of ether oxygens (including phenoxy) is 1. The van der Waals surface area contributed by atoms with Crippen molar-refractivity contribution in [1.82, 2.24) is 20.4 Å². The van der Waals surface area contributed by atoms with E-state index < -0.39 is 6.04 Å². The molecule has 1 saturated heterocycles. The lowest BCUT2D eigenvalue weighted by molar-refractivity contribution is -0.126. The maximum atomic E-state index is 13.5. The highest BCUT2D eigenvalue weighted by atomic mass is 16.5. The summed E-state index contributed by atoms with van der Waals surface area (Å²) in [5.41, 5.74) is 2.30. The van der Waals surface area contributed by atoms with Gasteiger partial charge >= 0.3 is 0 Å². The molecule has 8 nitrogen and oxygen atoms in total. The second kappa shape index (κ2) is 12.7. The number of carbonyl (C=O) groups excluding carboxylic acids is 3. The Morgan fingerprint density at radius 1 is 1.05 bits per heavy atom. The predicted molar refractivity (Wildman–Crippen MR) is 143 cm³/mol. The monoisotopic (exact) mass is 506 g/mol. The number of hydrogen-bond donors (Lipinski definition) is 2. The molecular weight excluding hydrogens is 468 g/mol. The van der Waals surface area contributed by atoms with Gasteiger partial charge in [0, 0.05) is 25.6 Å². The van der Waals surface area contributed by atoms with Crippen molar-refractivity contribution in [2.45, 2.75) is 51.1 Å². The molecule has 2 N–H and O–H groups in total. The van der Waals surface area contributed by atoms with Crippen LogP contribution in [0.15, 0.2) is 48.5 Å². The van der Waals surface area contributed by atoms with Crippen LogP contribution < -0.4 is 15.4 Å². The summed E-state index contributed by atoms with van der Waals surface area (Å²) in [6, 6.07) is 14.1. The van der Waals surface area contributed by atoms with Crippen LogP contribution in [-0.2, 0) is 9.59 Å². The molecule has 2 atom stereocenters. The Balaban J connectivity index is 1.53. The Hall–Kier alpha value is -3.39. The minimum Gasteiger partial charge on any atom is -0.491 e. The van der Waals surface area contributed by atoms with Crippen LogP contribution in [0.25, 0.3) is 11.1 Å². The Bertz CT molecular complexity index is 1100. The van der Waals surface area contributed by atoms with Crippen molar-refractivity contribution in [1.29, 1.82) is 0 Å². The van der Waals surface area contributed by atoms with E-state index in [-0.39, 0.29) is 36.6 Å². The lowest BCUT2D eigenvalue weighted by atomic mass is 10.0. The summed E-state index contributed by atoms with van der Waals surface area (Å²) in [7, 11) is 1.64. The number of benzene rings is 2. The summed E-state index contributed by atoms with van der Waals surface area (Å²) in [5.74, 6) is 0.0337. The van der Waals surface area contributed by atoms with E-state index in [0.29, 0.717) is 24.5 Å². The number of likely N-dealkylation sites (tertiary alicyclic amines) is 1. The van der Waals surface area contributed by atoms with Crippen molar-refractivity contribution in [2.75, 3.05) is 39.8 Å². The molecule has 0 aliphatic carbocycles. The average molecular weight is 507 g/mol. The third-order valence-corrected chi connectivity index (χ3v) is 7.07. The number of rotatable bonds is 5. The second-order valence-electron chi connectivity index (χ2n) is 10.1. The largest absolute Gasteiger partial charge is 0.491 e. The highest BCUT2D eigenvalue weighted by molar-refractivity contribution is 5.98. The normalized spacial score (nSPS) is 21.3. The van der Waals surface area contributed by atoms with Gasteiger partial charge in [-0.25, -0.2) is 0 Å². The van der Waals surface area contributed by atoms with E-state index in [1.165, 1.54) is 17.7 Å². The first-order valence-corrected chi connectivity index (χ1v) is 13.3. The highest BCUT2D eigenvalue weighted by Gasteiger charge is 2.28. The molecule has 37 heavy (non-hydrogen) atoms. The summed E-state index contributed by atoms with van der Waals surface area (Å²) in [4.78, 5) is 43.3. The van der Waals surface area contributed by atoms with Gasteiger partial charge in [0.05, 0.1) is 6.04 Å². The van der Waals surface area contributed by atoms with Gasteiger partial charge in [-0.15, -0.1) is 0 Å². The number of amides is 3. The standard InChI is InChI=1S/C29H38N4O4/c1-21-20-37-25-11-6-9-23(19-25)22-8-5-10-24(18-22)29(36)32(2)26(12-13-27(34)31-21)28(35)30-14-7-17-33-15-3-4-16-33/h5-6,8-11,18-19,21,26H,3-4,7,12-17,20H2,1-2H3,(H,30,35)(H,31,34)/t21-,26-/m0/s1. The predicted octanol–water partition coefficient (Wildman–Crippen LogP) is 3.07. The molecule has 0 unspecified atom stereocenters. The number of nitrogens with zero attached hydrogens (tertiary/aromatic N) is 2. The van der Waals surface area contributed by atoms with Crippen LogP contribution in [0.5, 0.6) is 5.75 Å². The topological polar surface area (TPSA) is 91.0 Å². The number of nitrogens with one attached hydrogen (secondary N) is 2. The van der Waals surface area contributed by atoms with E-state index in [2.05, 4.69) is 15.5 Å². The molecule has 2 aliphatic rings. The van der Waals surface area contributed by atoms with Gasteiger partial charge in [-0.1, -0.05) is 24.3 Å². The van der Waals surface area contributed by atoms with Gasteiger partial charge in [0.15, 0.2) is 0 Å². The summed E-state index contributed by atoms with van der Waals surface area (Å²) in [6.07, 6.45) is 3.69. The minimum atomic E-state index is -0.753. The number of carbonyl (C=O) groups is 3. The van der Waals surface area contributed by atoms with Crippen LogP contribution in [0.1, 0.15) is 49.4 Å². The van der Waals surface area contributed by atoms with E-state index in [9.17, 15) is 14.4 Å². The second-order valence-corrected chi connectivity index (χ2v) is 10.1. The molecule has 4 rings (SSSR count). The fourth-order valence-corrected chi connectivity index (χ4v) is 4.96. The Morgan fingerprint density at radius 2 is 1.76 bits per heavy atom. The van der Waals surface area contributed by atoms with Crippen LogP contribution in [0.2, 0.25) is 0 Å². The molecule has 0 aromatic heterocycles. The first-order chi connectivity index (χ1) is 17.9. The Morgan fingerprint density at radius 3 is 2.54 bits per heavy atom. The van der Waals surface area contributed by atoms with Crippen LogP contribution in [0.4, 0.5) is 0 Å². The van der Waals surface area contributed by atoms with E-state index in [4.69, 9.17) is 4.74 Å². The van der Waals surface area contributed by atoms with Crippen molar-refractivity contribution in [3.05, 3.63) is 54.1 Å².